The fourth-order valence-electron chi connectivity index (χ4n) is 1.35. The molecule has 3 N–H and O–H groups in total. The number of unbranched alkanes of at least 4 members (excludes halogenated alkanes) is 2. The lowest BCUT2D eigenvalue weighted by atomic mass is 9.93. The van der Waals surface area contributed by atoms with Gasteiger partial charge in [0.2, 0.25) is 0 Å². The van der Waals surface area contributed by atoms with Gasteiger partial charge in [0.15, 0.2) is 0 Å². The van der Waals surface area contributed by atoms with E-state index in [4.69, 9.17) is 5.73 Å². The van der Waals surface area contributed by atoms with Crippen LogP contribution in [0.15, 0.2) is 0 Å². The lowest BCUT2D eigenvalue weighted by Gasteiger charge is -2.22. The third kappa shape index (κ3) is 6.01. The van der Waals surface area contributed by atoms with Crippen molar-refractivity contribution in [2.75, 3.05) is 6.54 Å². The summed E-state index contributed by atoms with van der Waals surface area (Å²) in [5, 5.41) is 9.99. The molecule has 14 heavy (non-hydrogen) atoms. The fraction of sp³-hybridized carbons (Fsp3) is 0.833. The molecule has 0 rings (SSSR count). The van der Waals surface area contributed by atoms with E-state index >= 15 is 0 Å². The molecule has 2 nitrogen and oxygen atoms in total. The highest BCUT2D eigenvalue weighted by molar-refractivity contribution is 5.14. The minimum Gasteiger partial charge on any atom is -0.376 e. The van der Waals surface area contributed by atoms with Gasteiger partial charge in [0.25, 0.3) is 0 Å². The van der Waals surface area contributed by atoms with E-state index in [1.54, 1.807) is 0 Å². The Morgan fingerprint density at radius 2 is 2.07 bits per heavy atom. The molecule has 0 bridgehead atoms. The molecule has 0 amide bonds. The van der Waals surface area contributed by atoms with Crippen LogP contribution in [0.1, 0.15) is 46.5 Å². The summed E-state index contributed by atoms with van der Waals surface area (Å²) in [6, 6.07) is 0. The van der Waals surface area contributed by atoms with Gasteiger partial charge >= 0.3 is 0 Å². The first-order valence-electron chi connectivity index (χ1n) is 5.46. The third-order valence-electron chi connectivity index (χ3n) is 2.06. The molecule has 2 heteroatoms. The molecule has 0 aromatic carbocycles. The summed E-state index contributed by atoms with van der Waals surface area (Å²) in [5.74, 6) is 6.32. The molecule has 0 heterocycles. The summed E-state index contributed by atoms with van der Waals surface area (Å²) >= 11 is 0. The summed E-state index contributed by atoms with van der Waals surface area (Å²) in [5.41, 5.74) is 4.55. The summed E-state index contributed by atoms with van der Waals surface area (Å²) in [6.07, 6.45) is 3.74. The lowest BCUT2D eigenvalue weighted by molar-refractivity contribution is 0.0866. The highest BCUT2D eigenvalue weighted by atomic mass is 16.3. The molecule has 0 saturated carbocycles. The van der Waals surface area contributed by atoms with Crippen LogP contribution in [0.25, 0.3) is 0 Å². The predicted molar refractivity (Wildman–Crippen MR) is 60.8 cm³/mol. The van der Waals surface area contributed by atoms with Crippen LogP contribution in [0.4, 0.5) is 0 Å². The standard InChI is InChI=1S/C12H23NO/c1-4-5-6-7-8-12(14,10-13)9-11(2)3/h11,14H,4-6,9-10,13H2,1-3H3/t12-/m1/s1. The Bertz CT molecular complexity index is 202. The number of hydrogen-bond donors (Lipinski definition) is 2. The Labute approximate surface area is 87.9 Å². The van der Waals surface area contributed by atoms with Gasteiger partial charge in [-0.05, 0) is 18.8 Å². The van der Waals surface area contributed by atoms with Crippen molar-refractivity contribution in [3.8, 4) is 11.8 Å². The van der Waals surface area contributed by atoms with Crippen LogP contribution < -0.4 is 5.73 Å². The highest BCUT2D eigenvalue weighted by Gasteiger charge is 2.23. The molecule has 82 valence electrons. The molecule has 0 aromatic heterocycles. The zero-order chi connectivity index (χ0) is 11.0. The zero-order valence-corrected chi connectivity index (χ0v) is 9.64. The lowest BCUT2D eigenvalue weighted by Crippen LogP contribution is -2.37. The van der Waals surface area contributed by atoms with Crippen LogP contribution in [0.5, 0.6) is 0 Å². The van der Waals surface area contributed by atoms with Gasteiger partial charge in [0.05, 0.1) is 0 Å². The normalized spacial score (nSPS) is 14.7. The molecule has 0 aromatic rings. The Kier molecular flexibility index (Phi) is 6.61. The zero-order valence-electron chi connectivity index (χ0n) is 9.64. The van der Waals surface area contributed by atoms with Crippen molar-refractivity contribution in [2.24, 2.45) is 11.7 Å². The van der Waals surface area contributed by atoms with Gasteiger partial charge < -0.3 is 10.8 Å². The molecule has 0 radical (unpaired) electrons. The average Bonchev–Trinajstić information content (AvgIpc) is 2.11. The maximum Gasteiger partial charge on any atom is 0.137 e. The van der Waals surface area contributed by atoms with E-state index in [-0.39, 0.29) is 6.54 Å². The van der Waals surface area contributed by atoms with Crippen molar-refractivity contribution >= 4 is 0 Å². The molecule has 0 saturated heterocycles. The van der Waals surface area contributed by atoms with E-state index in [0.717, 1.165) is 19.3 Å². The van der Waals surface area contributed by atoms with Crippen LogP contribution in [-0.2, 0) is 0 Å². The van der Waals surface area contributed by atoms with Gasteiger partial charge in [-0.15, -0.1) is 5.92 Å². The minimum absolute atomic E-state index is 0.226. The Hall–Kier alpha value is -0.520. The van der Waals surface area contributed by atoms with E-state index in [0.29, 0.717) is 12.3 Å². The van der Waals surface area contributed by atoms with E-state index in [9.17, 15) is 5.11 Å². The van der Waals surface area contributed by atoms with Crippen LogP contribution in [0, 0.1) is 17.8 Å². The topological polar surface area (TPSA) is 46.2 Å². The first-order chi connectivity index (χ1) is 6.54. The van der Waals surface area contributed by atoms with Crippen molar-refractivity contribution in [3.63, 3.8) is 0 Å². The SMILES string of the molecule is CCCCC#C[C@](O)(CN)CC(C)C. The Morgan fingerprint density at radius 3 is 2.50 bits per heavy atom. The fourth-order valence-corrected chi connectivity index (χ4v) is 1.35. The predicted octanol–water partition coefficient (Wildman–Crippen LogP) is 1.92. The van der Waals surface area contributed by atoms with Crippen LogP contribution >= 0.6 is 0 Å². The second-order valence-electron chi connectivity index (χ2n) is 4.24. The summed E-state index contributed by atoms with van der Waals surface area (Å²) in [6.45, 7) is 6.48. The van der Waals surface area contributed by atoms with E-state index in [1.807, 2.05) is 0 Å². The molecule has 0 unspecified atom stereocenters. The quantitative estimate of drug-likeness (QED) is 0.522. The second-order valence-corrected chi connectivity index (χ2v) is 4.24. The monoisotopic (exact) mass is 197 g/mol. The molecule has 0 spiro atoms. The van der Waals surface area contributed by atoms with Gasteiger partial charge in [-0.3, -0.25) is 0 Å². The molecular weight excluding hydrogens is 174 g/mol. The van der Waals surface area contributed by atoms with Crippen LogP contribution in [0.3, 0.4) is 0 Å². The number of rotatable bonds is 5. The largest absolute Gasteiger partial charge is 0.376 e. The van der Waals surface area contributed by atoms with Crippen LogP contribution in [0.2, 0.25) is 0 Å². The highest BCUT2D eigenvalue weighted by Crippen LogP contribution is 2.14. The van der Waals surface area contributed by atoms with E-state index in [2.05, 4.69) is 32.6 Å². The second kappa shape index (κ2) is 6.86. The molecule has 1 atom stereocenters. The number of nitrogens with two attached hydrogens (primary N) is 1. The molecular formula is C12H23NO. The van der Waals surface area contributed by atoms with Gasteiger partial charge in [0, 0.05) is 13.0 Å². The minimum atomic E-state index is -0.970. The molecule has 0 aliphatic carbocycles. The summed E-state index contributed by atoms with van der Waals surface area (Å²) < 4.78 is 0. The first-order valence-corrected chi connectivity index (χ1v) is 5.46. The van der Waals surface area contributed by atoms with Gasteiger partial charge in [0.1, 0.15) is 5.60 Å². The Morgan fingerprint density at radius 1 is 1.43 bits per heavy atom. The third-order valence-corrected chi connectivity index (χ3v) is 2.06. The van der Waals surface area contributed by atoms with Crippen LogP contribution in [-0.4, -0.2) is 17.3 Å². The van der Waals surface area contributed by atoms with Crippen molar-refractivity contribution in [1.82, 2.24) is 0 Å². The van der Waals surface area contributed by atoms with Crippen molar-refractivity contribution in [2.45, 2.75) is 52.1 Å². The van der Waals surface area contributed by atoms with Gasteiger partial charge in [-0.25, -0.2) is 0 Å². The number of aliphatic hydroxyl groups is 1. The van der Waals surface area contributed by atoms with Gasteiger partial charge in [-0.2, -0.15) is 0 Å². The van der Waals surface area contributed by atoms with E-state index < -0.39 is 5.60 Å². The summed E-state index contributed by atoms with van der Waals surface area (Å²) in [7, 11) is 0. The van der Waals surface area contributed by atoms with Crippen molar-refractivity contribution < 1.29 is 5.11 Å². The van der Waals surface area contributed by atoms with E-state index in [1.165, 1.54) is 0 Å². The number of hydrogen-bond acceptors (Lipinski definition) is 2. The Balaban J connectivity index is 4.13. The molecule has 0 aliphatic heterocycles. The van der Waals surface area contributed by atoms with Gasteiger partial charge in [-0.1, -0.05) is 33.1 Å². The average molecular weight is 197 g/mol. The first kappa shape index (κ1) is 13.5. The maximum atomic E-state index is 9.99. The summed E-state index contributed by atoms with van der Waals surface area (Å²) in [4.78, 5) is 0. The van der Waals surface area contributed by atoms with Crippen molar-refractivity contribution in [3.05, 3.63) is 0 Å². The maximum absolute atomic E-state index is 9.99. The molecule has 0 fully saturated rings. The molecule has 0 aliphatic rings. The smallest absolute Gasteiger partial charge is 0.137 e. The van der Waals surface area contributed by atoms with Crippen molar-refractivity contribution in [1.29, 1.82) is 0 Å².